The Morgan fingerprint density at radius 3 is 0.817 bits per heavy atom. The molecule has 0 amide bonds. The van der Waals surface area contributed by atoms with Crippen LogP contribution >= 0.6 is 15.6 Å². The number of aliphatic hydroxyl groups excluding tert-OH is 1. The highest BCUT2D eigenvalue weighted by molar-refractivity contribution is 7.47. The molecule has 0 heterocycles. The zero-order valence-electron chi connectivity index (χ0n) is 60.6. The molecule has 6 atom stereocenters. The van der Waals surface area contributed by atoms with Gasteiger partial charge in [0.15, 0.2) is 12.2 Å². The lowest BCUT2D eigenvalue weighted by Crippen LogP contribution is -2.30. The summed E-state index contributed by atoms with van der Waals surface area (Å²) in [5.74, 6) is -0.531. The van der Waals surface area contributed by atoms with Crippen LogP contribution in [0, 0.1) is 11.8 Å². The Labute approximate surface area is 568 Å². The van der Waals surface area contributed by atoms with Gasteiger partial charge in [-0.05, 0) is 37.5 Å². The molecule has 0 aliphatic heterocycles. The fraction of sp³-hybridized carbons (Fsp3) is 0.946. The minimum absolute atomic E-state index is 0.107. The predicted molar refractivity (Wildman–Crippen MR) is 377 cm³/mol. The Morgan fingerprint density at radius 1 is 0.312 bits per heavy atom. The van der Waals surface area contributed by atoms with E-state index in [-0.39, 0.29) is 25.7 Å². The maximum absolute atomic E-state index is 13.1. The summed E-state index contributed by atoms with van der Waals surface area (Å²) in [6.45, 7) is 9.61. The molecule has 19 heteroatoms. The van der Waals surface area contributed by atoms with Crippen molar-refractivity contribution < 1.29 is 80.2 Å². The Morgan fingerprint density at radius 2 is 0.548 bits per heavy atom. The summed E-state index contributed by atoms with van der Waals surface area (Å²) < 4.78 is 68.4. The van der Waals surface area contributed by atoms with E-state index >= 15 is 0 Å². The first kappa shape index (κ1) is 91.1. The average molecular weight is 1370 g/mol. The molecule has 0 aromatic carbocycles. The lowest BCUT2D eigenvalue weighted by Gasteiger charge is -2.21. The second kappa shape index (κ2) is 66.0. The Bertz CT molecular complexity index is 1810. The van der Waals surface area contributed by atoms with Crippen molar-refractivity contribution in [2.75, 3.05) is 39.6 Å². The van der Waals surface area contributed by atoms with Crippen LogP contribution in [0.15, 0.2) is 0 Å². The number of hydrogen-bond acceptors (Lipinski definition) is 15. The molecule has 93 heavy (non-hydrogen) atoms. The van der Waals surface area contributed by atoms with E-state index in [4.69, 9.17) is 37.0 Å². The molecule has 0 radical (unpaired) electrons. The zero-order chi connectivity index (χ0) is 68.6. The predicted octanol–water partition coefficient (Wildman–Crippen LogP) is 21.6. The average Bonchev–Trinajstić information content (AvgIpc) is 3.57. The van der Waals surface area contributed by atoms with E-state index in [1.54, 1.807) is 0 Å². The molecule has 0 spiro atoms. The number of unbranched alkanes of at least 4 members (excludes halogenated alkanes) is 42. The van der Waals surface area contributed by atoms with Gasteiger partial charge in [-0.15, -0.1) is 0 Å². The number of phosphoric ester groups is 2. The molecule has 3 N–H and O–H groups in total. The number of phosphoric acid groups is 2. The van der Waals surface area contributed by atoms with Gasteiger partial charge < -0.3 is 33.8 Å². The molecular formula is C74H144O17P2. The summed E-state index contributed by atoms with van der Waals surface area (Å²) in [7, 11) is -9.91. The van der Waals surface area contributed by atoms with Gasteiger partial charge in [0.2, 0.25) is 0 Å². The molecule has 17 nitrogen and oxygen atoms in total. The normalized spacial score (nSPS) is 14.3. The molecule has 0 fully saturated rings. The van der Waals surface area contributed by atoms with E-state index in [2.05, 4.69) is 41.5 Å². The van der Waals surface area contributed by atoms with Gasteiger partial charge in [0.25, 0.3) is 0 Å². The van der Waals surface area contributed by atoms with E-state index in [1.807, 2.05) is 0 Å². The summed E-state index contributed by atoms with van der Waals surface area (Å²) in [5.41, 5.74) is 0. The first-order valence-corrected chi connectivity index (χ1v) is 41.5. The zero-order valence-corrected chi connectivity index (χ0v) is 62.3. The third-order valence-electron chi connectivity index (χ3n) is 17.6. The summed E-state index contributed by atoms with van der Waals surface area (Å²) in [4.78, 5) is 72.7. The number of esters is 4. The quantitative estimate of drug-likeness (QED) is 0.0222. The molecular weight excluding hydrogens is 1220 g/mol. The third kappa shape index (κ3) is 67.0. The second-order valence-electron chi connectivity index (χ2n) is 27.4. The molecule has 0 aliphatic rings. The van der Waals surface area contributed by atoms with Crippen molar-refractivity contribution in [3.63, 3.8) is 0 Å². The Hall–Kier alpha value is -1.94. The van der Waals surface area contributed by atoms with Gasteiger partial charge in [0.05, 0.1) is 26.4 Å². The lowest BCUT2D eigenvalue weighted by molar-refractivity contribution is -0.161. The molecule has 0 saturated carbocycles. The van der Waals surface area contributed by atoms with Crippen LogP contribution in [-0.2, 0) is 65.4 Å². The van der Waals surface area contributed by atoms with Gasteiger partial charge in [-0.1, -0.05) is 330 Å². The fourth-order valence-corrected chi connectivity index (χ4v) is 12.8. The third-order valence-corrected chi connectivity index (χ3v) is 19.5. The van der Waals surface area contributed by atoms with Gasteiger partial charge in [-0.25, -0.2) is 9.13 Å². The van der Waals surface area contributed by atoms with Crippen LogP contribution in [0.4, 0.5) is 0 Å². The van der Waals surface area contributed by atoms with E-state index in [1.165, 1.54) is 199 Å². The van der Waals surface area contributed by atoms with Crippen molar-refractivity contribution in [2.24, 2.45) is 11.8 Å². The van der Waals surface area contributed by atoms with Crippen molar-refractivity contribution in [3.8, 4) is 0 Å². The van der Waals surface area contributed by atoms with Gasteiger partial charge in [0.1, 0.15) is 19.3 Å². The van der Waals surface area contributed by atoms with Crippen LogP contribution in [-0.4, -0.2) is 96.7 Å². The molecule has 0 aliphatic carbocycles. The van der Waals surface area contributed by atoms with Gasteiger partial charge in [-0.3, -0.25) is 37.3 Å². The topological polar surface area (TPSA) is 237 Å². The summed E-state index contributed by atoms with van der Waals surface area (Å²) in [6, 6.07) is 0. The highest BCUT2D eigenvalue weighted by Gasteiger charge is 2.30. The van der Waals surface area contributed by atoms with Crippen LogP contribution in [0.2, 0.25) is 0 Å². The number of carbonyl (C=O) groups excluding carboxylic acids is 4. The van der Waals surface area contributed by atoms with Crippen LogP contribution in [0.5, 0.6) is 0 Å². The van der Waals surface area contributed by atoms with Crippen LogP contribution < -0.4 is 0 Å². The standard InChI is InChI=1S/C74H144O17P2/c1-7-10-12-14-16-18-26-31-38-44-50-56-71(76)84-62-69(90-73(78)58-52-46-40-32-27-19-17-15-13-11-8-2)64-88-92(80,81)86-60-68(75)61-87-93(82,83)89-65-70(63-85-72(77)57-51-45-39-35-34-37-43-49-55-67(6)9-3)91-74(79)59-53-47-41-33-29-25-23-21-20-22-24-28-30-36-42-48-54-66(4)5/h66-70,75H,7-65H2,1-6H3,(H,80,81)(H,82,83)/t67?,68-,69+,70+/m0/s1. The first-order chi connectivity index (χ1) is 44.9. The van der Waals surface area contributed by atoms with Gasteiger partial charge in [0, 0.05) is 25.7 Å². The van der Waals surface area contributed by atoms with E-state index in [9.17, 15) is 43.2 Å². The number of aliphatic hydroxyl groups is 1. The molecule has 0 aromatic rings. The maximum Gasteiger partial charge on any atom is 0.472 e. The van der Waals surface area contributed by atoms with Gasteiger partial charge >= 0.3 is 39.5 Å². The number of rotatable bonds is 73. The van der Waals surface area contributed by atoms with E-state index in [0.29, 0.717) is 25.7 Å². The number of carbonyl (C=O) groups is 4. The highest BCUT2D eigenvalue weighted by atomic mass is 31.2. The molecule has 0 saturated heterocycles. The summed E-state index contributed by atoms with van der Waals surface area (Å²) >= 11 is 0. The van der Waals surface area contributed by atoms with Crippen molar-refractivity contribution >= 4 is 39.5 Å². The minimum atomic E-state index is -4.95. The number of hydrogen-bond donors (Lipinski definition) is 3. The first-order valence-electron chi connectivity index (χ1n) is 38.5. The summed E-state index contributed by atoms with van der Waals surface area (Å²) in [6.07, 6.45) is 52.6. The lowest BCUT2D eigenvalue weighted by atomic mass is 9.99. The molecule has 0 rings (SSSR count). The van der Waals surface area contributed by atoms with Crippen molar-refractivity contribution in [1.29, 1.82) is 0 Å². The summed E-state index contributed by atoms with van der Waals surface area (Å²) in [5, 5.41) is 10.6. The monoisotopic (exact) mass is 1370 g/mol. The van der Waals surface area contributed by atoms with Crippen molar-refractivity contribution in [3.05, 3.63) is 0 Å². The number of ether oxygens (including phenoxy) is 4. The van der Waals surface area contributed by atoms with Crippen LogP contribution in [0.3, 0.4) is 0 Å². The van der Waals surface area contributed by atoms with Crippen molar-refractivity contribution in [1.82, 2.24) is 0 Å². The maximum atomic E-state index is 13.1. The SMILES string of the molecule is CCCCCCCCCCCCCC(=O)OC[C@H](COP(=O)(O)OC[C@H](O)COP(=O)(O)OC[C@@H](COC(=O)CCCCCCCCCCC(C)CC)OC(=O)CCCCCCCCCCCCCCCCCCC(C)C)OC(=O)CCCCCCCCCCCCC. The Balaban J connectivity index is 5.22. The highest BCUT2D eigenvalue weighted by Crippen LogP contribution is 2.45. The largest absolute Gasteiger partial charge is 0.472 e. The molecule has 0 aromatic heterocycles. The van der Waals surface area contributed by atoms with E-state index < -0.39 is 97.5 Å². The minimum Gasteiger partial charge on any atom is -0.462 e. The van der Waals surface area contributed by atoms with E-state index in [0.717, 1.165) is 102 Å². The van der Waals surface area contributed by atoms with Crippen molar-refractivity contribution in [2.45, 2.75) is 400 Å². The fourth-order valence-electron chi connectivity index (χ4n) is 11.3. The Kier molecular flexibility index (Phi) is 64.6. The molecule has 0 bridgehead atoms. The van der Waals surface area contributed by atoms with Crippen LogP contribution in [0.25, 0.3) is 0 Å². The second-order valence-corrected chi connectivity index (χ2v) is 30.3. The van der Waals surface area contributed by atoms with Crippen LogP contribution in [0.1, 0.15) is 382 Å². The smallest absolute Gasteiger partial charge is 0.462 e. The van der Waals surface area contributed by atoms with Gasteiger partial charge in [-0.2, -0.15) is 0 Å². The molecule has 3 unspecified atom stereocenters. The molecule has 552 valence electrons.